The Morgan fingerprint density at radius 3 is 2.26 bits per heavy atom. The van der Waals surface area contributed by atoms with Crippen molar-refractivity contribution < 1.29 is 14.0 Å². The number of nitrogens with one attached hydrogen (secondary N) is 2. The van der Waals surface area contributed by atoms with Crippen molar-refractivity contribution in [2.75, 3.05) is 26.2 Å². The molecule has 0 radical (unpaired) electrons. The molecule has 2 amide bonds. The van der Waals surface area contributed by atoms with Gasteiger partial charge in [-0.15, -0.1) is 0 Å². The van der Waals surface area contributed by atoms with E-state index in [9.17, 15) is 19.2 Å². The molecule has 23 heavy (non-hydrogen) atoms. The number of nitrogens with zero attached hydrogens (tertiary/aromatic N) is 2. The predicted octanol–water partition coefficient (Wildman–Crippen LogP) is -0.746. The fraction of sp³-hybridized carbons (Fsp3) is 0.286. The Kier molecular flexibility index (Phi) is 3.83. The molecule has 3 heterocycles. The van der Waals surface area contributed by atoms with E-state index in [0.29, 0.717) is 26.2 Å². The minimum Gasteiger partial charge on any atom is -0.459 e. The number of aromatic amines is 2. The average molecular weight is 318 g/mol. The summed E-state index contributed by atoms with van der Waals surface area (Å²) in [5.41, 5.74) is -1.52. The molecule has 2 aromatic rings. The minimum absolute atomic E-state index is 0.129. The van der Waals surface area contributed by atoms with Crippen molar-refractivity contribution in [2.24, 2.45) is 0 Å². The van der Waals surface area contributed by atoms with Crippen molar-refractivity contribution >= 4 is 11.8 Å². The van der Waals surface area contributed by atoms with Crippen LogP contribution in [0.5, 0.6) is 0 Å². The first-order chi connectivity index (χ1) is 11.1. The fourth-order valence-electron chi connectivity index (χ4n) is 2.41. The molecule has 1 aliphatic rings. The lowest BCUT2D eigenvalue weighted by atomic mass is 10.2. The molecule has 0 atom stereocenters. The van der Waals surface area contributed by atoms with Crippen LogP contribution in [0, 0.1) is 0 Å². The predicted molar refractivity (Wildman–Crippen MR) is 78.2 cm³/mol. The second kappa shape index (κ2) is 5.95. The lowest BCUT2D eigenvalue weighted by Gasteiger charge is -2.34. The van der Waals surface area contributed by atoms with Crippen molar-refractivity contribution in [2.45, 2.75) is 0 Å². The summed E-state index contributed by atoms with van der Waals surface area (Å²) < 4.78 is 5.07. The Labute approximate surface area is 129 Å². The van der Waals surface area contributed by atoms with Gasteiger partial charge in [0.2, 0.25) is 0 Å². The summed E-state index contributed by atoms with van der Waals surface area (Å²) >= 11 is 0. The van der Waals surface area contributed by atoms with Gasteiger partial charge in [-0.2, -0.15) is 0 Å². The normalized spacial score (nSPS) is 14.8. The molecule has 2 aromatic heterocycles. The second-order valence-electron chi connectivity index (χ2n) is 5.05. The summed E-state index contributed by atoms with van der Waals surface area (Å²) in [6, 6.07) is 3.22. The van der Waals surface area contributed by atoms with Gasteiger partial charge in [-0.1, -0.05) is 0 Å². The Morgan fingerprint density at radius 1 is 1.04 bits per heavy atom. The van der Waals surface area contributed by atoms with Crippen LogP contribution in [0.15, 0.2) is 38.6 Å². The molecular weight excluding hydrogens is 304 g/mol. The van der Waals surface area contributed by atoms with Crippen LogP contribution in [0.2, 0.25) is 0 Å². The highest BCUT2D eigenvalue weighted by Crippen LogP contribution is 2.10. The summed E-state index contributed by atoms with van der Waals surface area (Å²) in [4.78, 5) is 54.4. The topological polar surface area (TPSA) is 119 Å². The van der Waals surface area contributed by atoms with Crippen molar-refractivity contribution in [1.82, 2.24) is 19.8 Å². The van der Waals surface area contributed by atoms with Crippen molar-refractivity contribution in [1.29, 1.82) is 0 Å². The van der Waals surface area contributed by atoms with Crippen LogP contribution in [0.4, 0.5) is 0 Å². The number of carbonyl (C=O) groups is 2. The van der Waals surface area contributed by atoms with Gasteiger partial charge in [-0.05, 0) is 12.1 Å². The van der Waals surface area contributed by atoms with E-state index in [4.69, 9.17) is 4.42 Å². The number of H-pyrrole nitrogens is 2. The second-order valence-corrected chi connectivity index (χ2v) is 5.05. The van der Waals surface area contributed by atoms with Gasteiger partial charge in [0.1, 0.15) is 5.56 Å². The molecule has 0 bridgehead atoms. The molecule has 1 fully saturated rings. The molecule has 2 N–H and O–H groups in total. The van der Waals surface area contributed by atoms with Crippen molar-refractivity contribution in [3.63, 3.8) is 0 Å². The van der Waals surface area contributed by atoms with E-state index >= 15 is 0 Å². The molecule has 0 spiro atoms. The zero-order valence-electron chi connectivity index (χ0n) is 12.1. The largest absolute Gasteiger partial charge is 0.459 e. The van der Waals surface area contributed by atoms with Crippen LogP contribution in [0.1, 0.15) is 20.9 Å². The number of amides is 2. The first kappa shape index (κ1) is 14.8. The van der Waals surface area contributed by atoms with E-state index < -0.39 is 17.2 Å². The van der Waals surface area contributed by atoms with Crippen molar-refractivity contribution in [3.8, 4) is 0 Å². The van der Waals surface area contributed by atoms with E-state index in [1.54, 1.807) is 17.0 Å². The van der Waals surface area contributed by atoms with E-state index in [-0.39, 0.29) is 17.2 Å². The summed E-state index contributed by atoms with van der Waals surface area (Å²) in [5.74, 6) is -0.460. The van der Waals surface area contributed by atoms with Gasteiger partial charge in [0.25, 0.3) is 17.4 Å². The van der Waals surface area contributed by atoms with Gasteiger partial charge < -0.3 is 19.2 Å². The highest BCUT2D eigenvalue weighted by Gasteiger charge is 2.27. The van der Waals surface area contributed by atoms with Crippen LogP contribution >= 0.6 is 0 Å². The quantitative estimate of drug-likeness (QED) is 0.755. The van der Waals surface area contributed by atoms with E-state index in [1.807, 2.05) is 4.98 Å². The molecule has 0 unspecified atom stereocenters. The molecule has 0 saturated carbocycles. The maximum Gasteiger partial charge on any atom is 0.325 e. The number of piperazine rings is 1. The molecule has 9 nitrogen and oxygen atoms in total. The van der Waals surface area contributed by atoms with Gasteiger partial charge in [0.15, 0.2) is 5.76 Å². The number of carbonyl (C=O) groups excluding carboxylic acids is 2. The van der Waals surface area contributed by atoms with E-state index in [1.165, 1.54) is 11.2 Å². The minimum atomic E-state index is -0.729. The maximum absolute atomic E-state index is 12.3. The molecule has 0 aliphatic carbocycles. The van der Waals surface area contributed by atoms with Crippen LogP contribution < -0.4 is 11.2 Å². The third-order valence-electron chi connectivity index (χ3n) is 3.64. The van der Waals surface area contributed by atoms with Gasteiger partial charge in [-0.25, -0.2) is 4.79 Å². The zero-order valence-corrected chi connectivity index (χ0v) is 12.1. The number of aromatic nitrogens is 2. The smallest absolute Gasteiger partial charge is 0.325 e. The summed E-state index contributed by atoms with van der Waals surface area (Å²) in [6.45, 7) is 1.27. The molecule has 9 heteroatoms. The lowest BCUT2D eigenvalue weighted by molar-refractivity contribution is 0.0517. The summed E-state index contributed by atoms with van der Waals surface area (Å²) in [5, 5.41) is 0. The Bertz CT molecular complexity index is 827. The fourth-order valence-corrected chi connectivity index (χ4v) is 2.41. The Hall–Kier alpha value is -3.10. The first-order valence-corrected chi connectivity index (χ1v) is 7.00. The highest BCUT2D eigenvalue weighted by molar-refractivity contribution is 5.94. The zero-order chi connectivity index (χ0) is 16.4. The molecule has 1 aliphatic heterocycles. The monoisotopic (exact) mass is 318 g/mol. The van der Waals surface area contributed by atoms with Crippen LogP contribution in [0.25, 0.3) is 0 Å². The Balaban J connectivity index is 1.67. The van der Waals surface area contributed by atoms with E-state index in [0.717, 1.165) is 6.20 Å². The highest BCUT2D eigenvalue weighted by atomic mass is 16.3. The Morgan fingerprint density at radius 2 is 1.70 bits per heavy atom. The number of rotatable bonds is 2. The number of hydrogen-bond donors (Lipinski definition) is 2. The van der Waals surface area contributed by atoms with Crippen molar-refractivity contribution in [3.05, 3.63) is 56.8 Å². The number of hydrogen-bond acceptors (Lipinski definition) is 5. The van der Waals surface area contributed by atoms with Gasteiger partial charge >= 0.3 is 5.69 Å². The maximum atomic E-state index is 12.3. The van der Waals surface area contributed by atoms with Crippen LogP contribution in [0.3, 0.4) is 0 Å². The summed E-state index contributed by atoms with van der Waals surface area (Å²) in [6.07, 6.45) is 2.53. The molecular formula is C14H14N4O5. The lowest BCUT2D eigenvalue weighted by Crippen LogP contribution is -2.51. The molecule has 0 aromatic carbocycles. The third-order valence-corrected chi connectivity index (χ3v) is 3.64. The number of furan rings is 1. The van der Waals surface area contributed by atoms with Gasteiger partial charge in [0, 0.05) is 32.4 Å². The van der Waals surface area contributed by atoms with Crippen LogP contribution in [-0.4, -0.2) is 57.8 Å². The molecule has 3 rings (SSSR count). The SMILES string of the molecule is O=C(c1ccco1)N1CCN(C(=O)c2c[nH]c(=O)[nH]c2=O)CC1. The molecule has 1 saturated heterocycles. The van der Waals surface area contributed by atoms with E-state index in [2.05, 4.69) is 4.98 Å². The van der Waals surface area contributed by atoms with Crippen LogP contribution in [-0.2, 0) is 0 Å². The standard InChI is InChI=1S/C14H14N4O5/c19-11-9(8-15-14(22)16-11)12(20)17-3-5-18(6-4-17)13(21)10-2-1-7-23-10/h1-2,7-8H,3-6H2,(H2,15,16,19,22). The van der Waals surface area contributed by atoms with Gasteiger partial charge in [0.05, 0.1) is 6.26 Å². The first-order valence-electron chi connectivity index (χ1n) is 7.00. The van der Waals surface area contributed by atoms with Gasteiger partial charge in [-0.3, -0.25) is 19.4 Å². The summed E-state index contributed by atoms with van der Waals surface area (Å²) in [7, 11) is 0. The average Bonchev–Trinajstić information content (AvgIpc) is 3.08. The molecule has 120 valence electrons. The third kappa shape index (κ3) is 2.93.